The molecule has 1 spiro atoms. The minimum Gasteiger partial charge on any atom is -0.348 e. The van der Waals surface area contributed by atoms with E-state index < -0.39 is 5.54 Å². The van der Waals surface area contributed by atoms with E-state index in [-0.39, 0.29) is 30.4 Å². The SMILES string of the molecule is CC(NC(=O)CN1CN(c2ccccc2)C2(CCN(C(=O)Nc3ccc(Cl)cc3Cl)CC2)C1=O)c1ccccc1. The van der Waals surface area contributed by atoms with Crippen molar-refractivity contribution in [2.75, 3.05) is 36.5 Å². The number of para-hydroxylation sites is 1. The molecule has 5 rings (SSSR count). The van der Waals surface area contributed by atoms with Gasteiger partial charge in [0, 0.05) is 23.8 Å². The molecule has 0 saturated carbocycles. The normalized spacial score (nSPS) is 17.2. The quantitative estimate of drug-likeness (QED) is 0.401. The molecule has 10 heteroatoms. The molecule has 4 amide bonds. The van der Waals surface area contributed by atoms with Gasteiger partial charge in [-0.1, -0.05) is 71.7 Å². The molecule has 1 unspecified atom stereocenters. The number of halogens is 2. The van der Waals surface area contributed by atoms with Crippen LogP contribution in [0.4, 0.5) is 16.2 Å². The highest BCUT2D eigenvalue weighted by atomic mass is 35.5. The van der Waals surface area contributed by atoms with Gasteiger partial charge in [-0.25, -0.2) is 4.79 Å². The molecule has 8 nitrogen and oxygen atoms in total. The molecule has 0 aliphatic carbocycles. The number of amides is 4. The van der Waals surface area contributed by atoms with Crippen LogP contribution in [0.2, 0.25) is 10.0 Å². The highest BCUT2D eigenvalue weighted by Gasteiger charge is 2.54. The third-order valence-electron chi connectivity index (χ3n) is 7.64. The number of nitrogens with one attached hydrogen (secondary N) is 2. The molecule has 2 saturated heterocycles. The van der Waals surface area contributed by atoms with Gasteiger partial charge < -0.3 is 25.3 Å². The molecule has 0 aromatic heterocycles. The molecule has 2 N–H and O–H groups in total. The Hall–Kier alpha value is -3.75. The summed E-state index contributed by atoms with van der Waals surface area (Å²) in [5.74, 6) is -0.314. The maximum atomic E-state index is 14.0. The van der Waals surface area contributed by atoms with Crippen molar-refractivity contribution in [1.29, 1.82) is 0 Å². The van der Waals surface area contributed by atoms with E-state index in [0.717, 1.165) is 11.3 Å². The summed E-state index contributed by atoms with van der Waals surface area (Å²) >= 11 is 12.2. The second-order valence-electron chi connectivity index (χ2n) is 10.2. The number of likely N-dealkylation sites (tertiary alicyclic amines) is 1. The number of carbonyl (C=O) groups is 3. The van der Waals surface area contributed by atoms with Crippen molar-refractivity contribution in [2.24, 2.45) is 0 Å². The van der Waals surface area contributed by atoms with E-state index in [0.29, 0.717) is 48.3 Å². The van der Waals surface area contributed by atoms with Crippen LogP contribution in [0.15, 0.2) is 78.9 Å². The van der Waals surface area contributed by atoms with Crippen molar-refractivity contribution in [3.8, 4) is 0 Å². The Morgan fingerprint density at radius 1 is 0.950 bits per heavy atom. The summed E-state index contributed by atoms with van der Waals surface area (Å²) in [6, 6.07) is 23.9. The van der Waals surface area contributed by atoms with Crippen LogP contribution < -0.4 is 15.5 Å². The number of anilines is 2. The van der Waals surface area contributed by atoms with Crippen molar-refractivity contribution >= 4 is 52.4 Å². The van der Waals surface area contributed by atoms with E-state index in [4.69, 9.17) is 23.2 Å². The van der Waals surface area contributed by atoms with E-state index in [9.17, 15) is 14.4 Å². The Bertz CT molecular complexity index is 1380. The van der Waals surface area contributed by atoms with Crippen LogP contribution in [0.5, 0.6) is 0 Å². The van der Waals surface area contributed by atoms with Crippen LogP contribution in [-0.4, -0.2) is 59.5 Å². The van der Waals surface area contributed by atoms with E-state index in [1.807, 2.05) is 67.6 Å². The highest BCUT2D eigenvalue weighted by Crippen LogP contribution is 2.39. The van der Waals surface area contributed by atoms with Gasteiger partial charge in [0.1, 0.15) is 12.1 Å². The standard InChI is InChI=1S/C30H31Cl2N5O3/c1-21(22-8-4-2-5-9-22)33-27(38)19-36-20-37(24-10-6-3-7-11-24)30(28(36)39)14-16-35(17-15-30)29(40)34-26-13-12-23(31)18-25(26)32/h2-13,18,21H,14-17,19-20H2,1H3,(H,33,38)(H,34,40). The largest absolute Gasteiger partial charge is 0.348 e. The summed E-state index contributed by atoms with van der Waals surface area (Å²) in [4.78, 5) is 45.4. The molecule has 3 aromatic carbocycles. The van der Waals surface area contributed by atoms with Gasteiger partial charge in [-0.2, -0.15) is 0 Å². The zero-order valence-corrected chi connectivity index (χ0v) is 23.7. The zero-order chi connectivity index (χ0) is 28.3. The first kappa shape index (κ1) is 27.8. The second kappa shape index (κ2) is 11.8. The first-order valence-electron chi connectivity index (χ1n) is 13.2. The number of rotatable bonds is 6. The topological polar surface area (TPSA) is 85.0 Å². The molecule has 2 heterocycles. The number of hydrogen-bond donors (Lipinski definition) is 2. The van der Waals surface area contributed by atoms with Crippen LogP contribution in [0.25, 0.3) is 0 Å². The van der Waals surface area contributed by atoms with Crippen LogP contribution in [0.3, 0.4) is 0 Å². The van der Waals surface area contributed by atoms with Gasteiger partial charge in [-0.3, -0.25) is 9.59 Å². The lowest BCUT2D eigenvalue weighted by atomic mass is 9.85. The Morgan fingerprint density at radius 2 is 1.60 bits per heavy atom. The number of benzene rings is 3. The Balaban J connectivity index is 1.29. The Kier molecular flexibility index (Phi) is 8.19. The van der Waals surface area contributed by atoms with E-state index in [1.165, 1.54) is 0 Å². The monoisotopic (exact) mass is 579 g/mol. The number of nitrogens with zero attached hydrogens (tertiary/aromatic N) is 3. The van der Waals surface area contributed by atoms with Crippen molar-refractivity contribution in [2.45, 2.75) is 31.3 Å². The van der Waals surface area contributed by atoms with Gasteiger partial charge in [-0.05, 0) is 55.7 Å². The van der Waals surface area contributed by atoms with E-state index >= 15 is 0 Å². The first-order valence-corrected chi connectivity index (χ1v) is 14.0. The molecule has 208 valence electrons. The predicted molar refractivity (Wildman–Crippen MR) is 158 cm³/mol. The van der Waals surface area contributed by atoms with Gasteiger partial charge >= 0.3 is 6.03 Å². The molecular weight excluding hydrogens is 549 g/mol. The van der Waals surface area contributed by atoms with Crippen LogP contribution in [0.1, 0.15) is 31.4 Å². The van der Waals surface area contributed by atoms with Crippen molar-refractivity contribution in [3.63, 3.8) is 0 Å². The molecule has 2 fully saturated rings. The molecule has 0 bridgehead atoms. The van der Waals surface area contributed by atoms with Gasteiger partial charge in [-0.15, -0.1) is 0 Å². The van der Waals surface area contributed by atoms with E-state index in [2.05, 4.69) is 15.5 Å². The molecule has 40 heavy (non-hydrogen) atoms. The van der Waals surface area contributed by atoms with Gasteiger partial charge in [0.25, 0.3) is 5.91 Å². The zero-order valence-electron chi connectivity index (χ0n) is 22.1. The van der Waals surface area contributed by atoms with Crippen molar-refractivity contribution < 1.29 is 14.4 Å². The minimum absolute atomic E-state index is 0.0413. The van der Waals surface area contributed by atoms with Gasteiger partial charge in [0.15, 0.2) is 0 Å². The lowest BCUT2D eigenvalue weighted by Gasteiger charge is -2.43. The average Bonchev–Trinajstić information content (AvgIpc) is 3.21. The van der Waals surface area contributed by atoms with Crippen molar-refractivity contribution in [1.82, 2.24) is 15.1 Å². The molecular formula is C30H31Cl2N5O3. The summed E-state index contributed by atoms with van der Waals surface area (Å²) in [5, 5.41) is 6.69. The third-order valence-corrected chi connectivity index (χ3v) is 8.19. The fourth-order valence-electron chi connectivity index (χ4n) is 5.47. The number of carbonyl (C=O) groups excluding carboxylic acids is 3. The lowest BCUT2D eigenvalue weighted by molar-refractivity contribution is -0.137. The Morgan fingerprint density at radius 3 is 2.25 bits per heavy atom. The van der Waals surface area contributed by atoms with Gasteiger partial charge in [0.2, 0.25) is 5.91 Å². The highest BCUT2D eigenvalue weighted by molar-refractivity contribution is 6.36. The maximum Gasteiger partial charge on any atom is 0.321 e. The predicted octanol–water partition coefficient (Wildman–Crippen LogP) is 5.54. The summed E-state index contributed by atoms with van der Waals surface area (Å²) in [7, 11) is 0. The van der Waals surface area contributed by atoms with Gasteiger partial charge in [0.05, 0.1) is 23.4 Å². The lowest BCUT2D eigenvalue weighted by Crippen LogP contribution is -2.58. The maximum absolute atomic E-state index is 14.0. The Labute approximate surface area is 243 Å². The number of piperidine rings is 1. The first-order chi connectivity index (χ1) is 19.3. The summed E-state index contributed by atoms with van der Waals surface area (Å²) in [6.45, 7) is 2.92. The third kappa shape index (κ3) is 5.74. The van der Waals surface area contributed by atoms with Crippen LogP contribution in [-0.2, 0) is 9.59 Å². The molecule has 2 aliphatic heterocycles. The molecule has 2 aliphatic rings. The fourth-order valence-corrected chi connectivity index (χ4v) is 5.93. The fraction of sp³-hybridized carbons (Fsp3) is 0.300. The summed E-state index contributed by atoms with van der Waals surface area (Å²) < 4.78 is 0. The van der Waals surface area contributed by atoms with E-state index in [1.54, 1.807) is 28.0 Å². The second-order valence-corrected chi connectivity index (χ2v) is 11.0. The van der Waals surface area contributed by atoms with Crippen molar-refractivity contribution in [3.05, 3.63) is 94.5 Å². The number of urea groups is 1. The molecule has 0 radical (unpaired) electrons. The summed E-state index contributed by atoms with van der Waals surface area (Å²) in [6.07, 6.45) is 0.863. The van der Waals surface area contributed by atoms with Crippen LogP contribution in [0, 0.1) is 0 Å². The number of hydrogen-bond acceptors (Lipinski definition) is 4. The smallest absolute Gasteiger partial charge is 0.321 e. The minimum atomic E-state index is -0.846. The molecule has 1 atom stereocenters. The van der Waals surface area contributed by atoms with Crippen LogP contribution >= 0.6 is 23.2 Å². The summed E-state index contributed by atoms with van der Waals surface area (Å²) in [5.41, 5.74) is 1.53. The average molecular weight is 581 g/mol. The molecule has 3 aromatic rings.